The van der Waals surface area contributed by atoms with Crippen LogP contribution >= 0.6 is 0 Å². The van der Waals surface area contributed by atoms with Crippen molar-refractivity contribution in [2.45, 2.75) is 38.1 Å². The van der Waals surface area contributed by atoms with Crippen LogP contribution in [0.15, 0.2) is 16.7 Å². The highest BCUT2D eigenvalue weighted by Gasteiger charge is 2.41. The first-order chi connectivity index (χ1) is 10.2. The molecule has 2 N–H and O–H groups in total. The highest BCUT2D eigenvalue weighted by molar-refractivity contribution is 5.83. The molecule has 1 saturated heterocycles. The fourth-order valence-corrected chi connectivity index (χ4v) is 3.57. The molecular formula is C16H24N2O3. The van der Waals surface area contributed by atoms with Crippen LogP contribution in [-0.4, -0.2) is 32.7 Å². The van der Waals surface area contributed by atoms with Crippen LogP contribution in [0.4, 0.5) is 0 Å². The van der Waals surface area contributed by atoms with Gasteiger partial charge in [0.2, 0.25) is 5.91 Å². The van der Waals surface area contributed by atoms with Crippen LogP contribution in [-0.2, 0) is 16.0 Å². The van der Waals surface area contributed by atoms with Gasteiger partial charge in [-0.2, -0.15) is 0 Å². The number of carbonyl (C=O) groups excluding carboxylic acids is 1. The Labute approximate surface area is 125 Å². The number of ether oxygens (including phenoxy) is 1. The molecule has 1 atom stereocenters. The summed E-state index contributed by atoms with van der Waals surface area (Å²) in [5, 5.41) is 6.57. The maximum Gasteiger partial charge on any atom is 0.229 e. The van der Waals surface area contributed by atoms with Gasteiger partial charge in [0.25, 0.3) is 0 Å². The highest BCUT2D eigenvalue weighted by Crippen LogP contribution is 2.34. The van der Waals surface area contributed by atoms with Crippen molar-refractivity contribution >= 4 is 5.91 Å². The van der Waals surface area contributed by atoms with E-state index in [1.807, 2.05) is 6.07 Å². The van der Waals surface area contributed by atoms with Crippen LogP contribution in [0.1, 0.15) is 43.0 Å². The van der Waals surface area contributed by atoms with Gasteiger partial charge >= 0.3 is 0 Å². The van der Waals surface area contributed by atoms with Gasteiger partial charge in [-0.15, -0.1) is 0 Å². The van der Waals surface area contributed by atoms with Crippen molar-refractivity contribution in [3.63, 3.8) is 0 Å². The van der Waals surface area contributed by atoms with Crippen LogP contribution < -0.4 is 10.6 Å². The van der Waals surface area contributed by atoms with E-state index in [1.54, 1.807) is 13.4 Å². The fraction of sp³-hybridized carbons (Fsp3) is 0.688. The lowest BCUT2D eigenvalue weighted by Gasteiger charge is -2.37. The number of carbonyl (C=O) groups is 1. The monoisotopic (exact) mass is 292 g/mol. The third kappa shape index (κ3) is 2.85. The molecule has 1 aromatic heterocycles. The summed E-state index contributed by atoms with van der Waals surface area (Å²) < 4.78 is 10.8. The smallest absolute Gasteiger partial charge is 0.229 e. The van der Waals surface area contributed by atoms with E-state index in [9.17, 15) is 4.79 Å². The molecular weight excluding hydrogens is 268 g/mol. The molecule has 1 fully saturated rings. The third-order valence-electron chi connectivity index (χ3n) is 4.82. The van der Waals surface area contributed by atoms with Crippen molar-refractivity contribution in [1.82, 2.24) is 10.6 Å². The molecule has 1 amide bonds. The summed E-state index contributed by atoms with van der Waals surface area (Å²) in [7, 11) is 1.67. The first kappa shape index (κ1) is 14.6. The lowest BCUT2D eigenvalue weighted by atomic mass is 9.78. The van der Waals surface area contributed by atoms with Crippen LogP contribution in [0.3, 0.4) is 0 Å². The summed E-state index contributed by atoms with van der Waals surface area (Å²) in [5.41, 5.74) is 0.762. The van der Waals surface area contributed by atoms with Crippen LogP contribution in [0.25, 0.3) is 0 Å². The first-order valence-corrected chi connectivity index (χ1v) is 7.82. The maximum atomic E-state index is 12.9. The molecule has 0 radical (unpaired) electrons. The number of aryl methyl sites for hydroxylation is 1. The molecule has 0 aromatic carbocycles. The zero-order valence-corrected chi connectivity index (χ0v) is 12.6. The minimum absolute atomic E-state index is 0.0867. The maximum absolute atomic E-state index is 12.9. The Bertz CT molecular complexity index is 486. The third-order valence-corrected chi connectivity index (χ3v) is 4.82. The molecule has 21 heavy (non-hydrogen) atoms. The summed E-state index contributed by atoms with van der Waals surface area (Å²) in [6, 6.07) is 2.08. The Morgan fingerprint density at radius 3 is 3.10 bits per heavy atom. The van der Waals surface area contributed by atoms with E-state index >= 15 is 0 Å². The standard InChI is InChI=1S/C16H24N2O3/c1-20-11-16(6-8-17-9-7-16)15(19)18-13-3-2-4-14-12(13)5-10-21-14/h5,10,13,17H,2-4,6-9,11H2,1H3,(H,18,19). The van der Waals surface area contributed by atoms with Crippen molar-refractivity contribution in [1.29, 1.82) is 0 Å². The minimum Gasteiger partial charge on any atom is -0.469 e. The van der Waals surface area contributed by atoms with Crippen molar-refractivity contribution in [2.75, 3.05) is 26.8 Å². The molecule has 5 heteroatoms. The molecule has 3 rings (SSSR count). The molecule has 2 heterocycles. The number of fused-ring (bicyclic) bond motifs is 1. The lowest BCUT2D eigenvalue weighted by molar-refractivity contribution is -0.137. The number of rotatable bonds is 4. The zero-order valence-electron chi connectivity index (χ0n) is 12.6. The lowest BCUT2D eigenvalue weighted by Crippen LogP contribution is -2.51. The molecule has 1 aromatic rings. The van der Waals surface area contributed by atoms with E-state index in [4.69, 9.17) is 9.15 Å². The number of nitrogens with one attached hydrogen (secondary N) is 2. The van der Waals surface area contributed by atoms with Gasteiger partial charge < -0.3 is 19.8 Å². The Kier molecular flexibility index (Phi) is 4.31. The molecule has 116 valence electrons. The van der Waals surface area contributed by atoms with E-state index < -0.39 is 0 Å². The first-order valence-electron chi connectivity index (χ1n) is 7.82. The Hall–Kier alpha value is -1.33. The average molecular weight is 292 g/mol. The summed E-state index contributed by atoms with van der Waals surface area (Å²) >= 11 is 0. The molecule has 5 nitrogen and oxygen atoms in total. The van der Waals surface area contributed by atoms with Gasteiger partial charge in [0.05, 0.1) is 24.3 Å². The van der Waals surface area contributed by atoms with Gasteiger partial charge in [-0.05, 0) is 44.8 Å². The Morgan fingerprint density at radius 2 is 2.33 bits per heavy atom. The number of methoxy groups -OCH3 is 1. The predicted octanol–water partition coefficient (Wildman–Crippen LogP) is 1.79. The normalized spacial score (nSPS) is 24.3. The second-order valence-electron chi connectivity index (χ2n) is 6.18. The van der Waals surface area contributed by atoms with Crippen molar-refractivity contribution < 1.29 is 13.9 Å². The Morgan fingerprint density at radius 1 is 1.52 bits per heavy atom. The fourth-order valence-electron chi connectivity index (χ4n) is 3.57. The SMILES string of the molecule is COCC1(C(=O)NC2CCCc3occc32)CCNCC1. The summed E-state index contributed by atoms with van der Waals surface area (Å²) in [4.78, 5) is 12.9. The average Bonchev–Trinajstić information content (AvgIpc) is 2.98. The second-order valence-corrected chi connectivity index (χ2v) is 6.18. The summed E-state index contributed by atoms with van der Waals surface area (Å²) in [6.07, 6.45) is 6.41. The minimum atomic E-state index is -0.388. The van der Waals surface area contributed by atoms with Crippen LogP contribution in [0.5, 0.6) is 0 Å². The van der Waals surface area contributed by atoms with Gasteiger partial charge in [0.1, 0.15) is 5.76 Å². The summed E-state index contributed by atoms with van der Waals surface area (Å²) in [5.74, 6) is 1.16. The number of piperidine rings is 1. The second kappa shape index (κ2) is 6.20. The summed E-state index contributed by atoms with van der Waals surface area (Å²) in [6.45, 7) is 2.24. The molecule has 1 aliphatic heterocycles. The molecule has 1 unspecified atom stereocenters. The van der Waals surface area contributed by atoms with Crippen LogP contribution in [0, 0.1) is 5.41 Å². The number of amides is 1. The van der Waals surface area contributed by atoms with E-state index in [0.29, 0.717) is 6.61 Å². The van der Waals surface area contributed by atoms with Gasteiger partial charge in [-0.1, -0.05) is 0 Å². The van der Waals surface area contributed by atoms with Gasteiger partial charge in [-0.25, -0.2) is 0 Å². The number of furan rings is 1. The van der Waals surface area contributed by atoms with Crippen molar-refractivity contribution in [2.24, 2.45) is 5.41 Å². The molecule has 0 spiro atoms. The van der Waals surface area contributed by atoms with Crippen molar-refractivity contribution in [3.8, 4) is 0 Å². The number of hydrogen-bond donors (Lipinski definition) is 2. The predicted molar refractivity (Wildman–Crippen MR) is 78.9 cm³/mol. The molecule has 2 aliphatic rings. The van der Waals surface area contributed by atoms with E-state index in [2.05, 4.69) is 10.6 Å². The van der Waals surface area contributed by atoms with Gasteiger partial charge in [-0.3, -0.25) is 4.79 Å². The highest BCUT2D eigenvalue weighted by atomic mass is 16.5. The topological polar surface area (TPSA) is 63.5 Å². The van der Waals surface area contributed by atoms with E-state index in [-0.39, 0.29) is 17.4 Å². The van der Waals surface area contributed by atoms with Crippen LogP contribution in [0.2, 0.25) is 0 Å². The quantitative estimate of drug-likeness (QED) is 0.888. The molecule has 0 saturated carbocycles. The Balaban J connectivity index is 1.73. The zero-order chi connectivity index (χ0) is 14.7. The molecule has 0 bridgehead atoms. The number of hydrogen-bond acceptors (Lipinski definition) is 4. The van der Waals surface area contributed by atoms with Crippen molar-refractivity contribution in [3.05, 3.63) is 23.7 Å². The van der Waals surface area contributed by atoms with E-state index in [0.717, 1.165) is 56.5 Å². The van der Waals surface area contributed by atoms with E-state index in [1.165, 1.54) is 0 Å². The van der Waals surface area contributed by atoms with Gasteiger partial charge in [0, 0.05) is 19.1 Å². The largest absolute Gasteiger partial charge is 0.469 e. The molecule has 1 aliphatic carbocycles. The van der Waals surface area contributed by atoms with Gasteiger partial charge in [0.15, 0.2) is 0 Å².